The Kier molecular flexibility index (Phi) is 1.55. The Bertz CT molecular complexity index is 426. The smallest absolute Gasteiger partial charge is 0.235 e. The first-order valence-electron chi connectivity index (χ1n) is 3.49. The summed E-state index contributed by atoms with van der Waals surface area (Å²) in [5.41, 5.74) is 1.10. The van der Waals surface area contributed by atoms with E-state index in [2.05, 4.69) is 9.97 Å². The molecule has 0 saturated carbocycles. The van der Waals surface area contributed by atoms with Crippen molar-refractivity contribution in [1.29, 1.82) is 0 Å². The lowest BCUT2D eigenvalue weighted by atomic mass is 10.2. The van der Waals surface area contributed by atoms with E-state index < -0.39 is 0 Å². The van der Waals surface area contributed by atoms with Crippen molar-refractivity contribution in [2.45, 2.75) is 0 Å². The van der Waals surface area contributed by atoms with Crippen LogP contribution >= 0.6 is 0 Å². The molecule has 0 N–H and O–H groups in total. The fourth-order valence-electron chi connectivity index (χ4n) is 1.02. The SMILES string of the molecule is O=[C]c1cnc2ncccc2c1. The summed E-state index contributed by atoms with van der Waals surface area (Å²) in [6.07, 6.45) is 4.91. The van der Waals surface area contributed by atoms with E-state index in [9.17, 15) is 4.79 Å². The van der Waals surface area contributed by atoms with Crippen molar-refractivity contribution in [2.75, 3.05) is 0 Å². The molecule has 0 spiro atoms. The monoisotopic (exact) mass is 157 g/mol. The second kappa shape index (κ2) is 2.70. The van der Waals surface area contributed by atoms with Crippen LogP contribution in [0.3, 0.4) is 0 Å². The minimum Gasteiger partial charge on any atom is -0.285 e. The van der Waals surface area contributed by atoms with Crippen molar-refractivity contribution in [3.05, 3.63) is 36.2 Å². The number of rotatable bonds is 1. The first-order chi connectivity index (χ1) is 5.90. The molecule has 3 heteroatoms. The molecule has 0 saturated heterocycles. The van der Waals surface area contributed by atoms with E-state index in [0.29, 0.717) is 11.2 Å². The molecule has 1 radical (unpaired) electrons. The predicted octanol–water partition coefficient (Wildman–Crippen LogP) is 1.09. The van der Waals surface area contributed by atoms with Crippen LogP contribution in [0.15, 0.2) is 30.6 Å². The van der Waals surface area contributed by atoms with Gasteiger partial charge in [0.2, 0.25) is 6.29 Å². The fraction of sp³-hybridized carbons (Fsp3) is 0. The zero-order valence-corrected chi connectivity index (χ0v) is 6.19. The first-order valence-corrected chi connectivity index (χ1v) is 3.49. The summed E-state index contributed by atoms with van der Waals surface area (Å²) in [4.78, 5) is 18.3. The molecule has 2 aromatic rings. The molecule has 2 rings (SSSR count). The Morgan fingerprint density at radius 1 is 1.33 bits per heavy atom. The molecular formula is C9H5N2O. The summed E-state index contributed by atoms with van der Waals surface area (Å²) in [6, 6.07) is 5.37. The van der Waals surface area contributed by atoms with Crippen LogP contribution < -0.4 is 0 Å². The fourth-order valence-corrected chi connectivity index (χ4v) is 1.02. The Hall–Kier alpha value is -1.77. The van der Waals surface area contributed by atoms with Crippen molar-refractivity contribution in [1.82, 2.24) is 9.97 Å². The molecule has 3 nitrogen and oxygen atoms in total. The van der Waals surface area contributed by atoms with Gasteiger partial charge in [0, 0.05) is 23.3 Å². The van der Waals surface area contributed by atoms with Crippen LogP contribution in [0.2, 0.25) is 0 Å². The third kappa shape index (κ3) is 1.05. The minimum atomic E-state index is 0.454. The molecule has 12 heavy (non-hydrogen) atoms. The van der Waals surface area contributed by atoms with Crippen molar-refractivity contribution in [2.24, 2.45) is 0 Å². The number of hydrogen-bond donors (Lipinski definition) is 0. The lowest BCUT2D eigenvalue weighted by molar-refractivity contribution is 0.562. The molecule has 0 bridgehead atoms. The molecule has 0 unspecified atom stereocenters. The molecule has 57 valence electrons. The summed E-state index contributed by atoms with van der Waals surface area (Å²) in [5.74, 6) is 0. The van der Waals surface area contributed by atoms with E-state index >= 15 is 0 Å². The summed E-state index contributed by atoms with van der Waals surface area (Å²) < 4.78 is 0. The summed E-state index contributed by atoms with van der Waals surface area (Å²) in [6.45, 7) is 0. The standard InChI is InChI=1S/C9H5N2O/c12-6-7-4-8-2-1-3-10-9(8)11-5-7/h1-5H. The number of carbonyl (C=O) groups excluding carboxylic acids is 1. The summed E-state index contributed by atoms with van der Waals surface area (Å²) >= 11 is 0. The Morgan fingerprint density at radius 2 is 2.25 bits per heavy atom. The van der Waals surface area contributed by atoms with Gasteiger partial charge in [-0.3, -0.25) is 4.79 Å². The van der Waals surface area contributed by atoms with Crippen LogP contribution in [0, 0.1) is 0 Å². The highest BCUT2D eigenvalue weighted by atomic mass is 16.1. The van der Waals surface area contributed by atoms with Crippen molar-refractivity contribution in [3.8, 4) is 0 Å². The van der Waals surface area contributed by atoms with E-state index in [1.165, 1.54) is 6.20 Å². The molecule has 2 aromatic heterocycles. The highest BCUT2D eigenvalue weighted by Gasteiger charge is 1.96. The molecule has 0 aliphatic carbocycles. The van der Waals surface area contributed by atoms with Crippen molar-refractivity contribution in [3.63, 3.8) is 0 Å². The lowest BCUT2D eigenvalue weighted by Crippen LogP contribution is -1.86. The number of fused-ring (bicyclic) bond motifs is 1. The van der Waals surface area contributed by atoms with Crippen LogP contribution in [0.4, 0.5) is 0 Å². The van der Waals surface area contributed by atoms with Crippen molar-refractivity contribution >= 4 is 17.3 Å². The maximum absolute atomic E-state index is 10.3. The van der Waals surface area contributed by atoms with Crippen LogP contribution in [0.25, 0.3) is 11.0 Å². The van der Waals surface area contributed by atoms with Gasteiger partial charge in [0.05, 0.1) is 0 Å². The van der Waals surface area contributed by atoms with E-state index in [0.717, 1.165) is 5.39 Å². The van der Waals surface area contributed by atoms with Crippen LogP contribution in [0.1, 0.15) is 5.56 Å². The number of aromatic nitrogens is 2. The lowest BCUT2D eigenvalue weighted by Gasteiger charge is -1.93. The Balaban J connectivity index is 2.75. The van der Waals surface area contributed by atoms with Gasteiger partial charge in [0.25, 0.3) is 0 Å². The zero-order chi connectivity index (χ0) is 8.39. The van der Waals surface area contributed by atoms with Gasteiger partial charge in [-0.2, -0.15) is 0 Å². The highest BCUT2D eigenvalue weighted by Crippen LogP contribution is 2.08. The molecule has 0 aliphatic rings. The van der Waals surface area contributed by atoms with E-state index in [4.69, 9.17) is 0 Å². The van der Waals surface area contributed by atoms with E-state index in [1.54, 1.807) is 24.6 Å². The third-order valence-corrected chi connectivity index (χ3v) is 1.57. The quantitative estimate of drug-likeness (QED) is 0.622. The highest BCUT2D eigenvalue weighted by molar-refractivity contribution is 5.83. The van der Waals surface area contributed by atoms with Crippen LogP contribution in [-0.2, 0) is 4.79 Å². The minimum absolute atomic E-state index is 0.454. The second-order valence-electron chi connectivity index (χ2n) is 2.38. The average Bonchev–Trinajstić information content (AvgIpc) is 2.17. The Labute approximate surface area is 69.1 Å². The number of hydrogen-bond acceptors (Lipinski definition) is 3. The van der Waals surface area contributed by atoms with Gasteiger partial charge < -0.3 is 0 Å². The van der Waals surface area contributed by atoms with Crippen molar-refractivity contribution < 1.29 is 4.79 Å². The summed E-state index contributed by atoms with van der Waals surface area (Å²) in [5, 5.41) is 0.860. The largest absolute Gasteiger partial charge is 0.285 e. The van der Waals surface area contributed by atoms with E-state index in [-0.39, 0.29) is 0 Å². The second-order valence-corrected chi connectivity index (χ2v) is 2.38. The zero-order valence-electron chi connectivity index (χ0n) is 6.19. The van der Waals surface area contributed by atoms with Gasteiger partial charge in [0.15, 0.2) is 5.65 Å². The molecular weight excluding hydrogens is 152 g/mol. The first kappa shape index (κ1) is 6.91. The third-order valence-electron chi connectivity index (χ3n) is 1.57. The molecule has 2 heterocycles. The molecule has 0 fully saturated rings. The number of nitrogens with zero attached hydrogens (tertiary/aromatic N) is 2. The topological polar surface area (TPSA) is 42.9 Å². The van der Waals surface area contributed by atoms with Gasteiger partial charge in [0.1, 0.15) is 0 Å². The Morgan fingerprint density at radius 3 is 3.08 bits per heavy atom. The molecule has 0 amide bonds. The van der Waals surface area contributed by atoms with Gasteiger partial charge in [-0.25, -0.2) is 9.97 Å². The molecule has 0 aromatic carbocycles. The average molecular weight is 157 g/mol. The van der Waals surface area contributed by atoms with Gasteiger partial charge in [-0.1, -0.05) is 0 Å². The number of pyridine rings is 2. The summed E-state index contributed by atoms with van der Waals surface area (Å²) in [7, 11) is 0. The van der Waals surface area contributed by atoms with Crippen LogP contribution in [0.5, 0.6) is 0 Å². The normalized spacial score (nSPS) is 10.0. The van der Waals surface area contributed by atoms with E-state index in [1.807, 2.05) is 6.07 Å². The van der Waals surface area contributed by atoms with Gasteiger partial charge in [-0.05, 0) is 18.2 Å². The maximum atomic E-state index is 10.3. The van der Waals surface area contributed by atoms with Gasteiger partial charge >= 0.3 is 0 Å². The maximum Gasteiger partial charge on any atom is 0.235 e. The molecule has 0 atom stereocenters. The van der Waals surface area contributed by atoms with Gasteiger partial charge in [-0.15, -0.1) is 0 Å². The van der Waals surface area contributed by atoms with Crippen LogP contribution in [-0.4, -0.2) is 16.3 Å². The predicted molar refractivity (Wildman–Crippen MR) is 44.3 cm³/mol. The molecule has 0 aliphatic heterocycles.